The standard InChI is InChI=1S/C13H23NO/c1-9-6-10(2)13(11(3)7-9)8-14(5)12(4)15/h6,10-11,13H,7-8H2,1-5H3/t10-,11-,13-/m0/s1. The van der Waals surface area contributed by atoms with Gasteiger partial charge >= 0.3 is 0 Å². The predicted octanol–water partition coefficient (Wildman–Crippen LogP) is 2.70. The van der Waals surface area contributed by atoms with E-state index in [1.807, 2.05) is 11.9 Å². The van der Waals surface area contributed by atoms with E-state index < -0.39 is 0 Å². The van der Waals surface area contributed by atoms with Crippen LogP contribution in [0.5, 0.6) is 0 Å². The van der Waals surface area contributed by atoms with Crippen LogP contribution in [0, 0.1) is 17.8 Å². The highest BCUT2D eigenvalue weighted by Crippen LogP contribution is 2.33. The maximum Gasteiger partial charge on any atom is 0.219 e. The van der Waals surface area contributed by atoms with Crippen LogP contribution in [0.4, 0.5) is 0 Å². The van der Waals surface area contributed by atoms with Crippen LogP contribution in [-0.4, -0.2) is 24.4 Å². The molecule has 0 heterocycles. The van der Waals surface area contributed by atoms with Crippen molar-refractivity contribution in [2.45, 2.75) is 34.1 Å². The maximum absolute atomic E-state index is 11.2. The highest BCUT2D eigenvalue weighted by Gasteiger charge is 2.28. The lowest BCUT2D eigenvalue weighted by molar-refractivity contribution is -0.128. The van der Waals surface area contributed by atoms with Crippen molar-refractivity contribution in [3.63, 3.8) is 0 Å². The average Bonchev–Trinajstić information content (AvgIpc) is 2.10. The van der Waals surface area contributed by atoms with Gasteiger partial charge in [0.2, 0.25) is 5.91 Å². The van der Waals surface area contributed by atoms with Gasteiger partial charge in [-0.1, -0.05) is 25.5 Å². The van der Waals surface area contributed by atoms with Crippen LogP contribution in [0.25, 0.3) is 0 Å². The Hall–Kier alpha value is -0.790. The lowest BCUT2D eigenvalue weighted by atomic mass is 9.75. The van der Waals surface area contributed by atoms with Gasteiger partial charge in [-0.25, -0.2) is 0 Å². The van der Waals surface area contributed by atoms with Crippen LogP contribution in [0.2, 0.25) is 0 Å². The highest BCUT2D eigenvalue weighted by molar-refractivity contribution is 5.72. The normalized spacial score (nSPS) is 31.0. The van der Waals surface area contributed by atoms with E-state index in [1.165, 1.54) is 12.0 Å². The minimum atomic E-state index is 0.167. The van der Waals surface area contributed by atoms with Gasteiger partial charge < -0.3 is 4.90 Å². The van der Waals surface area contributed by atoms with Crippen molar-refractivity contribution < 1.29 is 4.79 Å². The Kier molecular flexibility index (Phi) is 3.95. The summed E-state index contributed by atoms with van der Waals surface area (Å²) in [6.07, 6.45) is 3.54. The molecule has 2 nitrogen and oxygen atoms in total. The molecule has 0 fully saturated rings. The number of allylic oxidation sites excluding steroid dienone is 2. The first-order valence-electron chi connectivity index (χ1n) is 5.80. The summed E-state index contributed by atoms with van der Waals surface area (Å²) >= 11 is 0. The summed E-state index contributed by atoms with van der Waals surface area (Å²) < 4.78 is 0. The molecule has 0 saturated carbocycles. The molecule has 0 saturated heterocycles. The number of carbonyl (C=O) groups excluding carboxylic acids is 1. The second kappa shape index (κ2) is 4.82. The van der Waals surface area contributed by atoms with Gasteiger partial charge in [0, 0.05) is 20.5 Å². The van der Waals surface area contributed by atoms with Crippen LogP contribution in [-0.2, 0) is 4.79 Å². The zero-order valence-electron chi connectivity index (χ0n) is 10.6. The first kappa shape index (κ1) is 12.3. The number of carbonyl (C=O) groups is 1. The minimum absolute atomic E-state index is 0.167. The fourth-order valence-electron chi connectivity index (χ4n) is 2.61. The molecule has 0 radical (unpaired) electrons. The lowest BCUT2D eigenvalue weighted by Crippen LogP contribution is -2.36. The van der Waals surface area contributed by atoms with Gasteiger partial charge in [-0.3, -0.25) is 4.79 Å². The molecule has 15 heavy (non-hydrogen) atoms. The van der Waals surface area contributed by atoms with E-state index in [4.69, 9.17) is 0 Å². The molecule has 1 amide bonds. The van der Waals surface area contributed by atoms with Gasteiger partial charge in [0.05, 0.1) is 0 Å². The number of amides is 1. The summed E-state index contributed by atoms with van der Waals surface area (Å²) in [4.78, 5) is 13.0. The van der Waals surface area contributed by atoms with Gasteiger partial charge in [0.1, 0.15) is 0 Å². The monoisotopic (exact) mass is 209 g/mol. The van der Waals surface area contributed by atoms with E-state index >= 15 is 0 Å². The largest absolute Gasteiger partial charge is 0.346 e. The van der Waals surface area contributed by atoms with E-state index in [-0.39, 0.29) is 5.91 Å². The van der Waals surface area contributed by atoms with Crippen LogP contribution >= 0.6 is 0 Å². The number of hydrogen-bond acceptors (Lipinski definition) is 1. The van der Waals surface area contributed by atoms with Crippen molar-refractivity contribution in [3.05, 3.63) is 11.6 Å². The van der Waals surface area contributed by atoms with Gasteiger partial charge in [-0.05, 0) is 31.1 Å². The summed E-state index contributed by atoms with van der Waals surface area (Å²) in [6, 6.07) is 0. The fourth-order valence-corrected chi connectivity index (χ4v) is 2.61. The fraction of sp³-hybridized carbons (Fsp3) is 0.769. The van der Waals surface area contributed by atoms with E-state index in [0.29, 0.717) is 17.8 Å². The summed E-state index contributed by atoms with van der Waals surface area (Å²) in [7, 11) is 1.90. The zero-order valence-corrected chi connectivity index (χ0v) is 10.6. The van der Waals surface area contributed by atoms with Crippen molar-refractivity contribution in [2.24, 2.45) is 17.8 Å². The van der Waals surface area contributed by atoms with Crippen LogP contribution in [0.3, 0.4) is 0 Å². The Labute approximate surface area is 93.3 Å². The average molecular weight is 209 g/mol. The SMILES string of the molecule is CC(=O)N(C)C[C@H]1[C@@H](C)C=C(C)C[C@@H]1C. The third-order valence-corrected chi connectivity index (χ3v) is 3.62. The molecule has 0 aliphatic heterocycles. The third kappa shape index (κ3) is 3.08. The Bertz CT molecular complexity index is 270. The quantitative estimate of drug-likeness (QED) is 0.640. The molecule has 0 aromatic rings. The highest BCUT2D eigenvalue weighted by atomic mass is 16.2. The van der Waals surface area contributed by atoms with E-state index in [2.05, 4.69) is 26.8 Å². The Morgan fingerprint density at radius 2 is 2.13 bits per heavy atom. The molecule has 0 aromatic carbocycles. The van der Waals surface area contributed by atoms with Crippen LogP contribution in [0.15, 0.2) is 11.6 Å². The molecule has 0 unspecified atom stereocenters. The predicted molar refractivity (Wildman–Crippen MR) is 63.5 cm³/mol. The van der Waals surface area contributed by atoms with Gasteiger partial charge in [-0.2, -0.15) is 0 Å². The second-order valence-electron chi connectivity index (χ2n) is 5.12. The van der Waals surface area contributed by atoms with Crippen molar-refractivity contribution in [1.29, 1.82) is 0 Å². The molecule has 1 aliphatic rings. The zero-order chi connectivity index (χ0) is 11.6. The summed E-state index contributed by atoms with van der Waals surface area (Å²) in [5.41, 5.74) is 1.50. The molecule has 0 aromatic heterocycles. The molecule has 0 spiro atoms. The summed E-state index contributed by atoms with van der Waals surface area (Å²) in [6.45, 7) is 9.29. The van der Waals surface area contributed by atoms with E-state index in [0.717, 1.165) is 6.54 Å². The van der Waals surface area contributed by atoms with Crippen molar-refractivity contribution >= 4 is 5.91 Å². The second-order valence-corrected chi connectivity index (χ2v) is 5.12. The molecular weight excluding hydrogens is 186 g/mol. The Morgan fingerprint density at radius 1 is 1.53 bits per heavy atom. The summed E-state index contributed by atoms with van der Waals surface area (Å²) in [5.74, 6) is 2.06. The first-order chi connectivity index (χ1) is 6.91. The van der Waals surface area contributed by atoms with Crippen molar-refractivity contribution in [2.75, 3.05) is 13.6 Å². The molecule has 1 aliphatic carbocycles. The van der Waals surface area contributed by atoms with Crippen molar-refractivity contribution in [1.82, 2.24) is 4.90 Å². The Morgan fingerprint density at radius 3 is 2.60 bits per heavy atom. The van der Waals surface area contributed by atoms with Crippen LogP contribution < -0.4 is 0 Å². The first-order valence-corrected chi connectivity index (χ1v) is 5.80. The molecule has 0 N–H and O–H groups in total. The minimum Gasteiger partial charge on any atom is -0.346 e. The van der Waals surface area contributed by atoms with E-state index in [1.54, 1.807) is 6.92 Å². The molecular formula is C13H23NO. The third-order valence-electron chi connectivity index (χ3n) is 3.62. The van der Waals surface area contributed by atoms with Gasteiger partial charge in [0.25, 0.3) is 0 Å². The van der Waals surface area contributed by atoms with Gasteiger partial charge in [0.15, 0.2) is 0 Å². The molecule has 86 valence electrons. The molecule has 1 rings (SSSR count). The topological polar surface area (TPSA) is 20.3 Å². The lowest BCUT2D eigenvalue weighted by Gasteiger charge is -2.35. The molecule has 0 bridgehead atoms. The molecule has 3 atom stereocenters. The van der Waals surface area contributed by atoms with E-state index in [9.17, 15) is 4.79 Å². The molecule has 2 heteroatoms. The number of nitrogens with zero attached hydrogens (tertiary/aromatic N) is 1. The van der Waals surface area contributed by atoms with Crippen LogP contribution in [0.1, 0.15) is 34.1 Å². The van der Waals surface area contributed by atoms with Crippen molar-refractivity contribution in [3.8, 4) is 0 Å². The number of hydrogen-bond donors (Lipinski definition) is 0. The maximum atomic E-state index is 11.2. The smallest absolute Gasteiger partial charge is 0.219 e. The van der Waals surface area contributed by atoms with Gasteiger partial charge in [-0.15, -0.1) is 0 Å². The number of rotatable bonds is 2. The summed E-state index contributed by atoms with van der Waals surface area (Å²) in [5, 5.41) is 0. The Balaban J connectivity index is 2.65.